The van der Waals surface area contributed by atoms with E-state index in [4.69, 9.17) is 15.4 Å². The number of carboxylic acids is 1. The van der Waals surface area contributed by atoms with Gasteiger partial charge in [-0.2, -0.15) is 8.42 Å². The van der Waals surface area contributed by atoms with Gasteiger partial charge in [-0.05, 0) is 6.42 Å². The summed E-state index contributed by atoms with van der Waals surface area (Å²) in [5.74, 6) is -2.82. The summed E-state index contributed by atoms with van der Waals surface area (Å²) >= 11 is 0. The molecule has 0 aromatic heterocycles. The lowest BCUT2D eigenvalue weighted by atomic mass is 10.1. The third-order valence-electron chi connectivity index (χ3n) is 1.45. The summed E-state index contributed by atoms with van der Waals surface area (Å²) < 4.78 is 28.7. The van der Waals surface area contributed by atoms with E-state index in [9.17, 15) is 18.0 Å². The van der Waals surface area contributed by atoms with Gasteiger partial charge in [0.05, 0.1) is 0 Å². The van der Waals surface area contributed by atoms with Crippen molar-refractivity contribution in [3.05, 3.63) is 0 Å². The van der Waals surface area contributed by atoms with Crippen molar-refractivity contribution in [2.45, 2.75) is 18.9 Å². The molecular weight excluding hydrogens is 228 g/mol. The largest absolute Gasteiger partial charge is 0.480 e. The average molecular weight is 240 g/mol. The van der Waals surface area contributed by atoms with Crippen molar-refractivity contribution in [1.82, 2.24) is 5.32 Å². The monoisotopic (exact) mass is 240 g/mol. The van der Waals surface area contributed by atoms with Gasteiger partial charge in [0, 0.05) is 6.42 Å². The number of carbonyl (C=O) groups is 2. The molecule has 0 aliphatic carbocycles. The molecule has 0 unspecified atom stereocenters. The Morgan fingerprint density at radius 3 is 2.33 bits per heavy atom. The van der Waals surface area contributed by atoms with Crippen LogP contribution in [-0.2, 0) is 19.7 Å². The third-order valence-corrected chi connectivity index (χ3v) is 1.96. The van der Waals surface area contributed by atoms with Crippen LogP contribution in [0, 0.1) is 0 Å². The highest BCUT2D eigenvalue weighted by molar-refractivity contribution is 7.85. The van der Waals surface area contributed by atoms with E-state index in [1.165, 1.54) is 0 Å². The normalized spacial score (nSPS) is 13.2. The predicted octanol–water partition coefficient (Wildman–Crippen LogP) is -1.86. The molecule has 88 valence electrons. The maximum absolute atomic E-state index is 10.9. The number of carboxylic acid groups (broad SMARTS) is 1. The van der Waals surface area contributed by atoms with Crippen molar-refractivity contribution in [3.63, 3.8) is 0 Å². The van der Waals surface area contributed by atoms with Crippen molar-refractivity contribution in [3.8, 4) is 0 Å². The van der Waals surface area contributed by atoms with Crippen LogP contribution in [0.1, 0.15) is 12.8 Å². The quantitative estimate of drug-likeness (QED) is 0.398. The number of nitrogens with two attached hydrogens (primary N) is 1. The van der Waals surface area contributed by atoms with E-state index in [0.29, 0.717) is 0 Å². The first kappa shape index (κ1) is 13.8. The summed E-state index contributed by atoms with van der Waals surface area (Å²) in [5, 5.41) is 10.3. The van der Waals surface area contributed by atoms with Gasteiger partial charge in [0.25, 0.3) is 10.1 Å². The number of hydrogen-bond donors (Lipinski definition) is 4. The number of amides is 1. The fourth-order valence-electron chi connectivity index (χ4n) is 0.670. The maximum atomic E-state index is 10.9. The minimum absolute atomic E-state index is 0.105. The third kappa shape index (κ3) is 7.85. The number of nitrogens with one attached hydrogen (secondary N) is 1. The predicted molar refractivity (Wildman–Crippen MR) is 49.4 cm³/mol. The van der Waals surface area contributed by atoms with Gasteiger partial charge < -0.3 is 16.2 Å². The minimum Gasteiger partial charge on any atom is -0.480 e. The van der Waals surface area contributed by atoms with Gasteiger partial charge in [0.1, 0.15) is 11.9 Å². The lowest BCUT2D eigenvalue weighted by Crippen LogP contribution is -2.34. The molecule has 0 saturated heterocycles. The summed E-state index contributed by atoms with van der Waals surface area (Å²) in [4.78, 5) is 21.1. The standard InChI is InChI=1S/C6H12N2O6S/c7-4(6(10)11)1-2-5(9)8-3-15(12,13)14/h4H,1-3,7H2,(H,8,9)(H,10,11)(H,12,13,14)/t4-/m0/s1. The van der Waals surface area contributed by atoms with Crippen LogP contribution < -0.4 is 11.1 Å². The van der Waals surface area contributed by atoms with Gasteiger partial charge >= 0.3 is 5.97 Å². The van der Waals surface area contributed by atoms with Crippen LogP contribution in [-0.4, -0.2) is 41.9 Å². The number of aliphatic carboxylic acids is 1. The number of rotatable bonds is 6. The van der Waals surface area contributed by atoms with E-state index in [0.717, 1.165) is 0 Å². The minimum atomic E-state index is -4.25. The van der Waals surface area contributed by atoms with Crippen molar-refractivity contribution in [1.29, 1.82) is 0 Å². The Hall–Kier alpha value is -1.19. The Morgan fingerprint density at radius 1 is 1.40 bits per heavy atom. The van der Waals surface area contributed by atoms with Crippen LogP contribution in [0.15, 0.2) is 0 Å². The summed E-state index contributed by atoms with van der Waals surface area (Å²) in [5.41, 5.74) is 5.10. The van der Waals surface area contributed by atoms with Gasteiger partial charge in [-0.25, -0.2) is 0 Å². The van der Waals surface area contributed by atoms with Crippen LogP contribution in [0.5, 0.6) is 0 Å². The first-order valence-electron chi connectivity index (χ1n) is 3.92. The molecule has 0 aromatic rings. The zero-order valence-electron chi connectivity index (χ0n) is 7.71. The SMILES string of the molecule is N[C@@H](CCC(=O)NCS(=O)(=O)O)C(=O)O. The molecule has 1 amide bonds. The molecule has 0 aliphatic heterocycles. The lowest BCUT2D eigenvalue weighted by molar-refractivity contribution is -0.138. The Kier molecular flexibility index (Phi) is 5.19. The molecule has 1 atom stereocenters. The van der Waals surface area contributed by atoms with E-state index in [1.54, 1.807) is 0 Å². The molecule has 0 heterocycles. The highest BCUT2D eigenvalue weighted by Crippen LogP contribution is 1.94. The van der Waals surface area contributed by atoms with Gasteiger partial charge in [-0.3, -0.25) is 14.1 Å². The Labute approximate surface area is 86.2 Å². The maximum Gasteiger partial charge on any atom is 0.320 e. The van der Waals surface area contributed by atoms with Crippen LogP contribution in [0.25, 0.3) is 0 Å². The molecule has 0 spiro atoms. The lowest BCUT2D eigenvalue weighted by Gasteiger charge is -2.05. The van der Waals surface area contributed by atoms with Gasteiger partial charge in [0.2, 0.25) is 5.91 Å². The Bertz CT molecular complexity index is 338. The van der Waals surface area contributed by atoms with Crippen molar-refractivity contribution >= 4 is 22.0 Å². The van der Waals surface area contributed by atoms with Crippen LogP contribution in [0.2, 0.25) is 0 Å². The van der Waals surface area contributed by atoms with Crippen LogP contribution >= 0.6 is 0 Å². The van der Waals surface area contributed by atoms with Crippen LogP contribution in [0.4, 0.5) is 0 Å². The Balaban J connectivity index is 3.82. The summed E-state index contributed by atoms with van der Waals surface area (Å²) in [6.45, 7) is 0. The molecule has 8 nitrogen and oxygen atoms in total. The Morgan fingerprint density at radius 2 is 1.93 bits per heavy atom. The highest BCUT2D eigenvalue weighted by atomic mass is 32.2. The van der Waals surface area contributed by atoms with E-state index in [1.807, 2.05) is 5.32 Å². The average Bonchev–Trinajstić information content (AvgIpc) is 2.09. The molecule has 0 radical (unpaired) electrons. The first-order chi connectivity index (χ1) is 6.72. The van der Waals surface area contributed by atoms with Crippen LogP contribution in [0.3, 0.4) is 0 Å². The summed E-state index contributed by atoms with van der Waals surface area (Å²) in [6, 6.07) is -1.17. The van der Waals surface area contributed by atoms with Crippen molar-refractivity contribution in [2.24, 2.45) is 5.73 Å². The molecule has 0 saturated carbocycles. The highest BCUT2D eigenvalue weighted by Gasteiger charge is 2.14. The summed E-state index contributed by atoms with van der Waals surface area (Å²) in [7, 11) is -4.25. The van der Waals surface area contributed by atoms with Gasteiger partial charge in [-0.15, -0.1) is 0 Å². The zero-order chi connectivity index (χ0) is 12.1. The smallest absolute Gasteiger partial charge is 0.320 e. The molecule has 0 fully saturated rings. The molecular formula is C6H12N2O6S. The number of carbonyl (C=O) groups excluding carboxylic acids is 1. The molecule has 15 heavy (non-hydrogen) atoms. The second kappa shape index (κ2) is 5.63. The second-order valence-corrected chi connectivity index (χ2v) is 4.26. The topological polar surface area (TPSA) is 147 Å². The molecule has 0 aliphatic rings. The zero-order valence-corrected chi connectivity index (χ0v) is 8.53. The van der Waals surface area contributed by atoms with E-state index in [2.05, 4.69) is 0 Å². The molecule has 9 heteroatoms. The molecule has 0 bridgehead atoms. The first-order valence-corrected chi connectivity index (χ1v) is 5.53. The second-order valence-electron chi connectivity index (χ2n) is 2.81. The van der Waals surface area contributed by atoms with Gasteiger partial charge in [-0.1, -0.05) is 0 Å². The van der Waals surface area contributed by atoms with Crippen molar-refractivity contribution < 1.29 is 27.7 Å². The molecule has 5 N–H and O–H groups in total. The van der Waals surface area contributed by atoms with Crippen molar-refractivity contribution in [2.75, 3.05) is 5.88 Å². The summed E-state index contributed by atoms with van der Waals surface area (Å²) in [6.07, 6.45) is -0.324. The molecule has 0 aromatic carbocycles. The van der Waals surface area contributed by atoms with Gasteiger partial charge in [0.15, 0.2) is 0 Å². The van der Waals surface area contributed by atoms with E-state index >= 15 is 0 Å². The fourth-order valence-corrected chi connectivity index (χ4v) is 1.01. The number of hydrogen-bond acceptors (Lipinski definition) is 5. The van der Waals surface area contributed by atoms with E-state index in [-0.39, 0.29) is 12.8 Å². The molecule has 0 rings (SSSR count). The fraction of sp³-hybridized carbons (Fsp3) is 0.667. The van der Waals surface area contributed by atoms with E-state index < -0.39 is 33.9 Å².